The molecule has 0 aromatic rings. The van der Waals surface area contributed by atoms with Gasteiger partial charge in [0.25, 0.3) is 0 Å². The Labute approximate surface area is 176 Å². The molecule has 2 nitrogen and oxygen atoms in total. The molecule has 0 aromatic heterocycles. The Bertz CT molecular complexity index is 384. The third-order valence-electron chi connectivity index (χ3n) is 8.13. The Balaban J connectivity index is 0.000000280. The summed E-state index contributed by atoms with van der Waals surface area (Å²) in [5.41, 5.74) is 0.985. The molecule has 2 saturated carbocycles. The predicted octanol–water partition coefficient (Wildman–Crippen LogP) is 7.22. The van der Waals surface area contributed by atoms with Crippen LogP contribution in [0, 0.1) is 34.5 Å². The quantitative estimate of drug-likeness (QED) is 0.497. The SMILES string of the molecule is CC(O)CCC1[C@@H](C)CCCC1(C)C.CC(O)CC[C@H]1[C@@H](C)CCCC1(C)C. The molecule has 0 amide bonds. The largest absolute Gasteiger partial charge is 0.393 e. The number of rotatable bonds is 6. The molecule has 28 heavy (non-hydrogen) atoms. The Kier molecular flexibility index (Phi) is 10.5. The Hall–Kier alpha value is -0.0800. The van der Waals surface area contributed by atoms with Gasteiger partial charge in [0, 0.05) is 0 Å². The van der Waals surface area contributed by atoms with Gasteiger partial charge in [-0.3, -0.25) is 0 Å². The topological polar surface area (TPSA) is 40.5 Å². The fourth-order valence-corrected chi connectivity index (χ4v) is 6.26. The second-order valence-electron chi connectivity index (χ2n) is 11.8. The molecular formula is C26H52O2. The fraction of sp³-hybridized carbons (Fsp3) is 1.00. The summed E-state index contributed by atoms with van der Waals surface area (Å²) >= 11 is 0. The zero-order valence-electron chi connectivity index (χ0n) is 20.4. The first-order valence-electron chi connectivity index (χ1n) is 12.2. The highest BCUT2D eigenvalue weighted by molar-refractivity contribution is 4.87. The molecule has 2 fully saturated rings. The van der Waals surface area contributed by atoms with Crippen molar-refractivity contribution in [3.63, 3.8) is 0 Å². The van der Waals surface area contributed by atoms with Crippen molar-refractivity contribution in [2.24, 2.45) is 34.5 Å². The van der Waals surface area contributed by atoms with Crippen molar-refractivity contribution in [1.29, 1.82) is 0 Å². The van der Waals surface area contributed by atoms with E-state index in [-0.39, 0.29) is 12.2 Å². The summed E-state index contributed by atoms with van der Waals surface area (Å²) in [7, 11) is 0. The normalized spacial score (nSPS) is 34.1. The molecule has 2 heteroatoms. The van der Waals surface area contributed by atoms with E-state index >= 15 is 0 Å². The van der Waals surface area contributed by atoms with Crippen LogP contribution in [0.15, 0.2) is 0 Å². The molecular weight excluding hydrogens is 344 g/mol. The van der Waals surface area contributed by atoms with E-state index in [1.165, 1.54) is 51.4 Å². The summed E-state index contributed by atoms with van der Waals surface area (Å²) in [6.45, 7) is 18.2. The molecule has 3 unspecified atom stereocenters. The first kappa shape index (κ1) is 26.0. The molecule has 0 aliphatic heterocycles. The minimum Gasteiger partial charge on any atom is -0.393 e. The van der Waals surface area contributed by atoms with Gasteiger partial charge in [0.05, 0.1) is 12.2 Å². The van der Waals surface area contributed by atoms with E-state index in [0.717, 1.165) is 36.5 Å². The summed E-state index contributed by atoms with van der Waals surface area (Å²) in [6.07, 6.45) is 12.4. The van der Waals surface area contributed by atoms with Gasteiger partial charge < -0.3 is 10.2 Å². The van der Waals surface area contributed by atoms with Crippen molar-refractivity contribution in [1.82, 2.24) is 0 Å². The van der Waals surface area contributed by atoms with E-state index in [1.54, 1.807) is 0 Å². The molecule has 2 rings (SSSR count). The van der Waals surface area contributed by atoms with Crippen LogP contribution in [0.25, 0.3) is 0 Å². The van der Waals surface area contributed by atoms with Crippen molar-refractivity contribution >= 4 is 0 Å². The third kappa shape index (κ3) is 8.34. The highest BCUT2D eigenvalue weighted by atomic mass is 16.3. The highest BCUT2D eigenvalue weighted by Gasteiger charge is 2.37. The van der Waals surface area contributed by atoms with Crippen molar-refractivity contribution in [2.75, 3.05) is 0 Å². The van der Waals surface area contributed by atoms with Gasteiger partial charge in [-0.25, -0.2) is 0 Å². The van der Waals surface area contributed by atoms with E-state index in [1.807, 2.05) is 13.8 Å². The van der Waals surface area contributed by atoms with Crippen molar-refractivity contribution in [3.05, 3.63) is 0 Å². The number of hydrogen-bond donors (Lipinski definition) is 2. The average molecular weight is 397 g/mol. The van der Waals surface area contributed by atoms with E-state index < -0.39 is 0 Å². The fourth-order valence-electron chi connectivity index (χ4n) is 6.26. The van der Waals surface area contributed by atoms with Crippen molar-refractivity contribution in [3.8, 4) is 0 Å². The van der Waals surface area contributed by atoms with Gasteiger partial charge in [-0.1, -0.05) is 67.2 Å². The van der Waals surface area contributed by atoms with Gasteiger partial charge in [0.1, 0.15) is 0 Å². The van der Waals surface area contributed by atoms with Gasteiger partial charge >= 0.3 is 0 Å². The molecule has 2 aliphatic carbocycles. The van der Waals surface area contributed by atoms with Crippen LogP contribution in [0.5, 0.6) is 0 Å². The monoisotopic (exact) mass is 396 g/mol. The van der Waals surface area contributed by atoms with Gasteiger partial charge in [-0.15, -0.1) is 0 Å². The predicted molar refractivity (Wildman–Crippen MR) is 122 cm³/mol. The van der Waals surface area contributed by atoms with Crippen LogP contribution in [0.1, 0.15) is 120 Å². The van der Waals surface area contributed by atoms with Gasteiger partial charge in [-0.2, -0.15) is 0 Å². The zero-order chi connectivity index (χ0) is 21.5. The number of hydrogen-bond acceptors (Lipinski definition) is 2. The molecule has 168 valence electrons. The minimum atomic E-state index is -0.125. The molecule has 0 bridgehead atoms. The maximum absolute atomic E-state index is 9.34. The van der Waals surface area contributed by atoms with Crippen molar-refractivity contribution < 1.29 is 10.2 Å². The lowest BCUT2D eigenvalue weighted by Crippen LogP contribution is -2.34. The summed E-state index contributed by atoms with van der Waals surface area (Å²) in [4.78, 5) is 0. The Morgan fingerprint density at radius 3 is 1.29 bits per heavy atom. The molecule has 2 N–H and O–H groups in total. The lowest BCUT2D eigenvalue weighted by Gasteiger charge is -2.43. The standard InChI is InChI=1S/2C13H26O/c2*1-10-6-5-9-13(3,4)12(10)8-7-11(2)14/h2*10-12,14H,5-9H2,1-4H3/t10-,11?,12?;10-,11?,12-/m00/s1. The summed E-state index contributed by atoms with van der Waals surface area (Å²) < 4.78 is 0. The first-order valence-corrected chi connectivity index (χ1v) is 12.2. The van der Waals surface area contributed by atoms with Gasteiger partial charge in [-0.05, 0) is 86.9 Å². The van der Waals surface area contributed by atoms with Crippen LogP contribution in [0.3, 0.4) is 0 Å². The summed E-state index contributed by atoms with van der Waals surface area (Å²) in [5, 5.41) is 18.7. The van der Waals surface area contributed by atoms with E-state index in [9.17, 15) is 10.2 Å². The second-order valence-corrected chi connectivity index (χ2v) is 11.8. The summed E-state index contributed by atoms with van der Waals surface area (Å²) in [5.74, 6) is 3.31. The molecule has 0 saturated heterocycles. The van der Waals surface area contributed by atoms with Crippen molar-refractivity contribution in [2.45, 2.75) is 132 Å². The first-order chi connectivity index (χ1) is 12.9. The zero-order valence-corrected chi connectivity index (χ0v) is 20.4. The van der Waals surface area contributed by atoms with Crippen LogP contribution in [0.2, 0.25) is 0 Å². The Morgan fingerprint density at radius 1 is 0.714 bits per heavy atom. The van der Waals surface area contributed by atoms with Crippen LogP contribution in [-0.2, 0) is 0 Å². The number of aliphatic hydroxyl groups is 2. The third-order valence-corrected chi connectivity index (χ3v) is 8.13. The highest BCUT2D eigenvalue weighted by Crippen LogP contribution is 2.47. The van der Waals surface area contributed by atoms with Gasteiger partial charge in [0.15, 0.2) is 0 Å². The van der Waals surface area contributed by atoms with E-state index in [2.05, 4.69) is 41.5 Å². The minimum absolute atomic E-state index is 0.125. The molecule has 0 radical (unpaired) electrons. The van der Waals surface area contributed by atoms with Crippen LogP contribution in [0.4, 0.5) is 0 Å². The maximum atomic E-state index is 9.34. The molecule has 2 aliphatic rings. The number of aliphatic hydroxyl groups excluding tert-OH is 2. The van der Waals surface area contributed by atoms with Crippen LogP contribution < -0.4 is 0 Å². The van der Waals surface area contributed by atoms with E-state index in [0.29, 0.717) is 10.8 Å². The lowest BCUT2D eigenvalue weighted by molar-refractivity contribution is 0.0604. The maximum Gasteiger partial charge on any atom is 0.0512 e. The summed E-state index contributed by atoms with van der Waals surface area (Å²) in [6, 6.07) is 0. The molecule has 0 heterocycles. The van der Waals surface area contributed by atoms with Gasteiger partial charge in [0.2, 0.25) is 0 Å². The average Bonchev–Trinajstić information content (AvgIpc) is 2.52. The smallest absolute Gasteiger partial charge is 0.0512 e. The Morgan fingerprint density at radius 2 is 1.04 bits per heavy atom. The van der Waals surface area contributed by atoms with Crippen LogP contribution >= 0.6 is 0 Å². The molecule has 0 spiro atoms. The lowest BCUT2D eigenvalue weighted by atomic mass is 9.62. The van der Waals surface area contributed by atoms with Crippen LogP contribution in [-0.4, -0.2) is 22.4 Å². The second kappa shape index (κ2) is 11.3. The van der Waals surface area contributed by atoms with E-state index in [4.69, 9.17) is 0 Å². The molecule has 0 aromatic carbocycles. The molecule has 6 atom stereocenters.